The molecule has 2 atom stereocenters. The van der Waals surface area contributed by atoms with E-state index in [4.69, 9.17) is 14.7 Å². The minimum absolute atomic E-state index is 0.540. The van der Waals surface area contributed by atoms with E-state index >= 15 is 0 Å². The Morgan fingerprint density at radius 3 is 2.44 bits per heavy atom. The minimum atomic E-state index is 0.540. The first-order chi connectivity index (χ1) is 15.5. The van der Waals surface area contributed by atoms with E-state index in [0.29, 0.717) is 18.4 Å². The van der Waals surface area contributed by atoms with Crippen molar-refractivity contribution in [2.45, 2.75) is 26.9 Å². The SMILES string of the molecule is CC1CC(C)CN(c2nc(Nc3cccc(OCc4ccccc4)c3)cc(N(C)C)n2)C1. The summed E-state index contributed by atoms with van der Waals surface area (Å²) in [4.78, 5) is 14.0. The molecule has 3 aromatic rings. The van der Waals surface area contributed by atoms with Gasteiger partial charge < -0.3 is 19.9 Å². The summed E-state index contributed by atoms with van der Waals surface area (Å²) in [5.41, 5.74) is 2.08. The van der Waals surface area contributed by atoms with Crippen LogP contribution in [0.2, 0.25) is 0 Å². The third-order valence-electron chi connectivity index (χ3n) is 5.67. The fourth-order valence-corrected chi connectivity index (χ4v) is 4.24. The van der Waals surface area contributed by atoms with Gasteiger partial charge in [0.05, 0.1) is 0 Å². The fourth-order valence-electron chi connectivity index (χ4n) is 4.24. The Balaban J connectivity index is 1.52. The molecule has 0 aliphatic carbocycles. The summed E-state index contributed by atoms with van der Waals surface area (Å²) >= 11 is 0. The molecule has 0 saturated carbocycles. The summed E-state index contributed by atoms with van der Waals surface area (Å²) in [5, 5.41) is 3.46. The van der Waals surface area contributed by atoms with Gasteiger partial charge in [0.15, 0.2) is 0 Å². The van der Waals surface area contributed by atoms with Gasteiger partial charge in [0.2, 0.25) is 5.95 Å². The van der Waals surface area contributed by atoms with Gasteiger partial charge in [-0.1, -0.05) is 50.2 Å². The Kier molecular flexibility index (Phi) is 6.78. The quantitative estimate of drug-likeness (QED) is 0.544. The van der Waals surface area contributed by atoms with Crippen LogP contribution in [0.3, 0.4) is 0 Å². The van der Waals surface area contributed by atoms with Crippen LogP contribution in [0.4, 0.5) is 23.3 Å². The Labute approximate surface area is 191 Å². The molecule has 6 heteroatoms. The number of anilines is 4. The van der Waals surface area contributed by atoms with Gasteiger partial charge in [-0.25, -0.2) is 0 Å². The Bertz CT molecular complexity index is 1010. The van der Waals surface area contributed by atoms with E-state index in [-0.39, 0.29) is 0 Å². The Hall–Kier alpha value is -3.28. The average Bonchev–Trinajstić information content (AvgIpc) is 2.78. The van der Waals surface area contributed by atoms with Gasteiger partial charge in [-0.2, -0.15) is 9.97 Å². The molecule has 1 fully saturated rings. The van der Waals surface area contributed by atoms with Gasteiger partial charge in [-0.05, 0) is 36.0 Å². The number of hydrogen-bond donors (Lipinski definition) is 1. The average molecular weight is 432 g/mol. The molecular formula is C26H33N5O. The van der Waals surface area contributed by atoms with Gasteiger partial charge in [-0.3, -0.25) is 0 Å². The van der Waals surface area contributed by atoms with E-state index in [1.165, 1.54) is 6.42 Å². The van der Waals surface area contributed by atoms with Crippen molar-refractivity contribution in [2.24, 2.45) is 11.8 Å². The zero-order valence-electron chi connectivity index (χ0n) is 19.5. The molecule has 1 N–H and O–H groups in total. The summed E-state index contributed by atoms with van der Waals surface area (Å²) in [6.45, 7) is 7.13. The summed E-state index contributed by atoms with van der Waals surface area (Å²) in [7, 11) is 4.02. The zero-order chi connectivity index (χ0) is 22.5. The number of aromatic nitrogens is 2. The Morgan fingerprint density at radius 1 is 0.969 bits per heavy atom. The lowest BCUT2D eigenvalue weighted by atomic mass is 9.92. The van der Waals surface area contributed by atoms with Gasteiger partial charge in [0, 0.05) is 45.0 Å². The normalized spacial score (nSPS) is 18.3. The van der Waals surface area contributed by atoms with Gasteiger partial charge in [0.1, 0.15) is 24.0 Å². The molecule has 2 unspecified atom stereocenters. The number of ether oxygens (including phenoxy) is 1. The van der Waals surface area contributed by atoms with E-state index in [2.05, 4.69) is 36.2 Å². The first kappa shape index (κ1) is 21.9. The monoisotopic (exact) mass is 431 g/mol. The van der Waals surface area contributed by atoms with Crippen LogP contribution in [0.5, 0.6) is 5.75 Å². The molecule has 0 spiro atoms. The van der Waals surface area contributed by atoms with Crippen LogP contribution in [0.15, 0.2) is 60.7 Å². The number of benzene rings is 2. The van der Waals surface area contributed by atoms with E-state index in [0.717, 1.165) is 47.7 Å². The molecule has 32 heavy (non-hydrogen) atoms. The zero-order valence-corrected chi connectivity index (χ0v) is 19.5. The van der Waals surface area contributed by atoms with Crippen LogP contribution in [0, 0.1) is 11.8 Å². The Morgan fingerprint density at radius 2 is 1.72 bits per heavy atom. The largest absolute Gasteiger partial charge is 0.489 e. The third kappa shape index (κ3) is 5.69. The maximum atomic E-state index is 5.99. The predicted octanol–water partition coefficient (Wildman–Crippen LogP) is 5.35. The summed E-state index contributed by atoms with van der Waals surface area (Å²) in [6.07, 6.45) is 1.25. The second-order valence-corrected chi connectivity index (χ2v) is 9.08. The van der Waals surface area contributed by atoms with Crippen LogP contribution < -0.4 is 19.9 Å². The van der Waals surface area contributed by atoms with Crippen molar-refractivity contribution in [1.82, 2.24) is 9.97 Å². The van der Waals surface area contributed by atoms with Gasteiger partial charge in [0.25, 0.3) is 0 Å². The van der Waals surface area contributed by atoms with E-state index in [1.807, 2.05) is 67.5 Å². The molecule has 1 aliphatic heterocycles. The maximum absolute atomic E-state index is 5.99. The number of hydrogen-bond acceptors (Lipinski definition) is 6. The lowest BCUT2D eigenvalue weighted by molar-refractivity contribution is 0.306. The first-order valence-electron chi connectivity index (χ1n) is 11.3. The van der Waals surface area contributed by atoms with Crippen molar-refractivity contribution in [3.8, 4) is 5.75 Å². The van der Waals surface area contributed by atoms with Crippen molar-refractivity contribution in [1.29, 1.82) is 0 Å². The van der Waals surface area contributed by atoms with Crippen LogP contribution in [0.1, 0.15) is 25.8 Å². The third-order valence-corrected chi connectivity index (χ3v) is 5.67. The van der Waals surface area contributed by atoms with Crippen molar-refractivity contribution in [3.63, 3.8) is 0 Å². The van der Waals surface area contributed by atoms with Gasteiger partial charge >= 0.3 is 0 Å². The second kappa shape index (κ2) is 9.90. The first-order valence-corrected chi connectivity index (χ1v) is 11.3. The summed E-state index contributed by atoms with van der Waals surface area (Å²) in [6, 6.07) is 20.2. The molecule has 168 valence electrons. The van der Waals surface area contributed by atoms with Crippen LogP contribution in [0.25, 0.3) is 0 Å². The van der Waals surface area contributed by atoms with E-state index < -0.39 is 0 Å². The maximum Gasteiger partial charge on any atom is 0.229 e. The van der Waals surface area contributed by atoms with Crippen LogP contribution in [-0.2, 0) is 6.61 Å². The highest BCUT2D eigenvalue weighted by Gasteiger charge is 2.24. The van der Waals surface area contributed by atoms with Crippen LogP contribution >= 0.6 is 0 Å². The molecule has 1 aromatic heterocycles. The lowest BCUT2D eigenvalue weighted by Gasteiger charge is -2.35. The number of nitrogens with zero attached hydrogens (tertiary/aromatic N) is 4. The van der Waals surface area contributed by atoms with Crippen LogP contribution in [-0.4, -0.2) is 37.2 Å². The van der Waals surface area contributed by atoms with Crippen molar-refractivity contribution >= 4 is 23.3 Å². The molecule has 1 saturated heterocycles. The molecule has 2 heterocycles. The molecule has 0 radical (unpaired) electrons. The highest BCUT2D eigenvalue weighted by atomic mass is 16.5. The van der Waals surface area contributed by atoms with E-state index in [9.17, 15) is 0 Å². The molecule has 6 nitrogen and oxygen atoms in total. The van der Waals surface area contributed by atoms with Crippen molar-refractivity contribution < 1.29 is 4.74 Å². The molecular weight excluding hydrogens is 398 g/mol. The molecule has 4 rings (SSSR count). The lowest BCUT2D eigenvalue weighted by Crippen LogP contribution is -2.39. The number of nitrogens with one attached hydrogen (secondary N) is 1. The second-order valence-electron chi connectivity index (χ2n) is 9.08. The predicted molar refractivity (Wildman–Crippen MR) is 132 cm³/mol. The van der Waals surface area contributed by atoms with Gasteiger partial charge in [-0.15, -0.1) is 0 Å². The molecule has 1 aliphatic rings. The summed E-state index contributed by atoms with van der Waals surface area (Å²) < 4.78 is 5.99. The van der Waals surface area contributed by atoms with Crippen molar-refractivity contribution in [3.05, 3.63) is 66.2 Å². The number of piperidine rings is 1. The van der Waals surface area contributed by atoms with Crippen molar-refractivity contribution in [2.75, 3.05) is 42.3 Å². The highest BCUT2D eigenvalue weighted by molar-refractivity contribution is 5.63. The smallest absolute Gasteiger partial charge is 0.229 e. The topological polar surface area (TPSA) is 53.5 Å². The molecule has 0 amide bonds. The highest BCUT2D eigenvalue weighted by Crippen LogP contribution is 2.28. The fraction of sp³-hybridized carbons (Fsp3) is 0.385. The number of rotatable bonds is 7. The molecule has 0 bridgehead atoms. The minimum Gasteiger partial charge on any atom is -0.489 e. The summed E-state index contributed by atoms with van der Waals surface area (Å²) in [5.74, 6) is 4.55. The standard InChI is InChI=1S/C26H33N5O/c1-19-13-20(2)17-31(16-19)26-28-24(15-25(29-26)30(3)4)27-22-11-8-12-23(14-22)32-18-21-9-6-5-7-10-21/h5-12,14-15,19-20H,13,16-18H2,1-4H3,(H,27,28,29). The van der Waals surface area contributed by atoms with E-state index in [1.54, 1.807) is 0 Å². The molecule has 2 aromatic carbocycles.